The van der Waals surface area contributed by atoms with Crippen molar-refractivity contribution >= 4 is 0 Å². The quantitative estimate of drug-likeness (QED) is 0.848. The minimum atomic E-state index is -0.305. The molecule has 0 aromatic heterocycles. The molecule has 1 aliphatic rings. The van der Waals surface area contributed by atoms with Gasteiger partial charge in [-0.15, -0.1) is 0 Å². The van der Waals surface area contributed by atoms with Crippen LogP contribution in [-0.4, -0.2) is 18.3 Å². The molecule has 0 saturated carbocycles. The van der Waals surface area contributed by atoms with E-state index in [9.17, 15) is 5.11 Å². The maximum absolute atomic E-state index is 9.75. The van der Waals surface area contributed by atoms with Gasteiger partial charge in [-0.05, 0) is 48.2 Å². The number of aliphatic hydroxyl groups excluding tert-OH is 1. The predicted molar refractivity (Wildman–Crippen MR) is 77.2 cm³/mol. The summed E-state index contributed by atoms with van der Waals surface area (Å²) in [5, 5.41) is 9.75. The van der Waals surface area contributed by atoms with Gasteiger partial charge in [0.25, 0.3) is 0 Å². The van der Waals surface area contributed by atoms with Crippen LogP contribution in [0.1, 0.15) is 23.7 Å². The Bertz CT molecular complexity index is 566. The highest BCUT2D eigenvalue weighted by atomic mass is 16.5. The molecule has 20 heavy (non-hydrogen) atoms. The molecule has 1 atom stereocenters. The van der Waals surface area contributed by atoms with Crippen LogP contribution < -0.4 is 9.47 Å². The van der Waals surface area contributed by atoms with Crippen LogP contribution in [0, 0.1) is 0 Å². The zero-order chi connectivity index (χ0) is 13.8. The summed E-state index contributed by atoms with van der Waals surface area (Å²) in [6.45, 7) is 1.03. The third-order valence-corrected chi connectivity index (χ3v) is 3.52. The molecular formula is C17H18O3. The maximum atomic E-state index is 9.75. The maximum Gasteiger partial charge on any atom is 0.122 e. The Morgan fingerprint density at radius 3 is 2.50 bits per heavy atom. The molecule has 0 amide bonds. The van der Waals surface area contributed by atoms with Crippen LogP contribution in [0.4, 0.5) is 0 Å². The molecule has 0 spiro atoms. The van der Waals surface area contributed by atoms with Crippen molar-refractivity contribution in [3.05, 3.63) is 59.7 Å². The fourth-order valence-electron chi connectivity index (χ4n) is 2.50. The van der Waals surface area contributed by atoms with E-state index in [0.717, 1.165) is 29.9 Å². The van der Waals surface area contributed by atoms with Crippen molar-refractivity contribution in [3.8, 4) is 11.5 Å². The molecule has 0 heterocycles. The number of aryl methyl sites for hydroxylation is 1. The molecule has 0 saturated heterocycles. The molecule has 2 aromatic carbocycles. The monoisotopic (exact) mass is 270 g/mol. The molecule has 3 heteroatoms. The van der Waals surface area contributed by atoms with Gasteiger partial charge in [0.15, 0.2) is 0 Å². The van der Waals surface area contributed by atoms with Crippen LogP contribution in [0.2, 0.25) is 0 Å². The van der Waals surface area contributed by atoms with Crippen molar-refractivity contribution in [2.45, 2.75) is 18.9 Å². The van der Waals surface area contributed by atoms with E-state index in [2.05, 4.69) is 0 Å². The van der Waals surface area contributed by atoms with Crippen LogP contribution in [0.25, 0.3) is 0 Å². The molecule has 104 valence electrons. The van der Waals surface area contributed by atoms with Gasteiger partial charge < -0.3 is 14.6 Å². The average Bonchev–Trinajstić information content (AvgIpc) is 2.86. The van der Waals surface area contributed by atoms with Crippen LogP contribution in [0.5, 0.6) is 11.5 Å². The largest absolute Gasteiger partial charge is 0.490 e. The molecule has 1 aliphatic carbocycles. The molecule has 0 bridgehead atoms. The van der Waals surface area contributed by atoms with E-state index in [1.807, 2.05) is 48.5 Å². The van der Waals surface area contributed by atoms with E-state index >= 15 is 0 Å². The minimum Gasteiger partial charge on any atom is -0.490 e. The van der Waals surface area contributed by atoms with Crippen molar-refractivity contribution in [2.75, 3.05) is 13.2 Å². The SMILES string of the molecule is O[C@@H]1CCc2cc(OCCOc3ccccc3)ccc21. The Hall–Kier alpha value is -2.00. The third kappa shape index (κ3) is 2.94. The summed E-state index contributed by atoms with van der Waals surface area (Å²) in [5.41, 5.74) is 2.23. The van der Waals surface area contributed by atoms with Gasteiger partial charge in [-0.1, -0.05) is 24.3 Å². The lowest BCUT2D eigenvalue weighted by molar-refractivity contribution is 0.180. The number of benzene rings is 2. The summed E-state index contributed by atoms with van der Waals surface area (Å²) in [5.74, 6) is 1.70. The highest BCUT2D eigenvalue weighted by molar-refractivity contribution is 5.39. The molecule has 0 radical (unpaired) electrons. The summed E-state index contributed by atoms with van der Waals surface area (Å²) in [6.07, 6.45) is 1.44. The molecule has 3 nitrogen and oxygen atoms in total. The number of hydrogen-bond donors (Lipinski definition) is 1. The Balaban J connectivity index is 1.50. The number of ether oxygens (including phenoxy) is 2. The number of fused-ring (bicyclic) bond motifs is 1. The summed E-state index contributed by atoms with van der Waals surface area (Å²) in [6, 6.07) is 15.6. The molecule has 0 unspecified atom stereocenters. The van der Waals surface area contributed by atoms with Crippen molar-refractivity contribution in [2.24, 2.45) is 0 Å². The van der Waals surface area contributed by atoms with E-state index in [1.165, 1.54) is 5.56 Å². The highest BCUT2D eigenvalue weighted by Crippen LogP contribution is 2.33. The van der Waals surface area contributed by atoms with E-state index in [0.29, 0.717) is 13.2 Å². The predicted octanol–water partition coefficient (Wildman–Crippen LogP) is 3.12. The van der Waals surface area contributed by atoms with Gasteiger partial charge in [-0.2, -0.15) is 0 Å². The normalized spacial score (nSPS) is 16.8. The standard InChI is InChI=1S/C17H18O3/c18-17-9-6-13-12-15(7-8-16(13)17)20-11-10-19-14-4-2-1-3-5-14/h1-5,7-8,12,17-18H,6,9-11H2/t17-/m1/s1. The lowest BCUT2D eigenvalue weighted by Crippen LogP contribution is -2.09. The van der Waals surface area contributed by atoms with Crippen LogP contribution >= 0.6 is 0 Å². The van der Waals surface area contributed by atoms with Crippen LogP contribution in [0.3, 0.4) is 0 Å². The zero-order valence-corrected chi connectivity index (χ0v) is 11.3. The molecule has 1 N–H and O–H groups in total. The van der Waals surface area contributed by atoms with E-state index in [-0.39, 0.29) is 6.10 Å². The lowest BCUT2D eigenvalue weighted by atomic mass is 10.1. The smallest absolute Gasteiger partial charge is 0.122 e. The zero-order valence-electron chi connectivity index (χ0n) is 11.3. The Kier molecular flexibility index (Phi) is 3.88. The number of rotatable bonds is 5. The molecule has 0 aliphatic heterocycles. The van der Waals surface area contributed by atoms with Gasteiger partial charge in [0.2, 0.25) is 0 Å². The molecule has 2 aromatic rings. The first-order valence-corrected chi connectivity index (χ1v) is 6.94. The summed E-state index contributed by atoms with van der Waals surface area (Å²) < 4.78 is 11.3. The summed E-state index contributed by atoms with van der Waals surface area (Å²) >= 11 is 0. The topological polar surface area (TPSA) is 38.7 Å². The average molecular weight is 270 g/mol. The van der Waals surface area contributed by atoms with Crippen molar-refractivity contribution < 1.29 is 14.6 Å². The summed E-state index contributed by atoms with van der Waals surface area (Å²) in [4.78, 5) is 0. The highest BCUT2D eigenvalue weighted by Gasteiger charge is 2.20. The van der Waals surface area contributed by atoms with Crippen LogP contribution in [-0.2, 0) is 6.42 Å². The lowest BCUT2D eigenvalue weighted by Gasteiger charge is -2.10. The second-order valence-corrected chi connectivity index (χ2v) is 4.93. The van der Waals surface area contributed by atoms with E-state index in [1.54, 1.807) is 0 Å². The first-order chi connectivity index (χ1) is 9.83. The Morgan fingerprint density at radius 2 is 1.70 bits per heavy atom. The fourth-order valence-corrected chi connectivity index (χ4v) is 2.50. The van der Waals surface area contributed by atoms with Crippen molar-refractivity contribution in [3.63, 3.8) is 0 Å². The van der Waals surface area contributed by atoms with Gasteiger partial charge in [0.1, 0.15) is 24.7 Å². The van der Waals surface area contributed by atoms with Crippen molar-refractivity contribution in [1.29, 1.82) is 0 Å². The molecule has 3 rings (SSSR count). The van der Waals surface area contributed by atoms with Gasteiger partial charge in [0, 0.05) is 0 Å². The first kappa shape index (κ1) is 13.0. The number of aliphatic hydroxyl groups is 1. The first-order valence-electron chi connectivity index (χ1n) is 6.94. The van der Waals surface area contributed by atoms with E-state index < -0.39 is 0 Å². The second-order valence-electron chi connectivity index (χ2n) is 4.93. The minimum absolute atomic E-state index is 0.305. The molecular weight excluding hydrogens is 252 g/mol. The van der Waals surface area contributed by atoms with Crippen molar-refractivity contribution in [1.82, 2.24) is 0 Å². The van der Waals surface area contributed by atoms with Gasteiger partial charge in [-0.25, -0.2) is 0 Å². The van der Waals surface area contributed by atoms with Crippen LogP contribution in [0.15, 0.2) is 48.5 Å². The number of para-hydroxylation sites is 1. The second kappa shape index (κ2) is 5.97. The third-order valence-electron chi connectivity index (χ3n) is 3.52. The Labute approximate surface area is 118 Å². The van der Waals surface area contributed by atoms with Gasteiger partial charge in [-0.3, -0.25) is 0 Å². The summed E-state index contributed by atoms with van der Waals surface area (Å²) in [7, 11) is 0. The molecule has 0 fully saturated rings. The van der Waals surface area contributed by atoms with Gasteiger partial charge >= 0.3 is 0 Å². The van der Waals surface area contributed by atoms with Gasteiger partial charge in [0.05, 0.1) is 6.10 Å². The van der Waals surface area contributed by atoms with E-state index in [4.69, 9.17) is 9.47 Å². The number of hydrogen-bond acceptors (Lipinski definition) is 3. The Morgan fingerprint density at radius 1 is 0.950 bits per heavy atom. The fraction of sp³-hybridized carbons (Fsp3) is 0.294.